The Labute approximate surface area is 205 Å². The summed E-state index contributed by atoms with van der Waals surface area (Å²) in [6.45, 7) is 5.57. The number of ether oxygens (including phenoxy) is 1. The third-order valence-corrected chi connectivity index (χ3v) is 7.92. The number of hydrogen-bond acceptors (Lipinski definition) is 6. The van der Waals surface area contributed by atoms with Crippen LogP contribution in [-0.2, 0) is 9.71 Å². The van der Waals surface area contributed by atoms with Gasteiger partial charge in [0, 0.05) is 58.8 Å². The minimum absolute atomic E-state index is 0.338. The van der Waals surface area contributed by atoms with Crippen LogP contribution in [0.3, 0.4) is 0 Å². The summed E-state index contributed by atoms with van der Waals surface area (Å²) in [5.74, 6) is 5.42. The van der Waals surface area contributed by atoms with Crippen molar-refractivity contribution >= 4 is 32.9 Å². The zero-order valence-corrected chi connectivity index (χ0v) is 21.4. The predicted molar refractivity (Wildman–Crippen MR) is 141 cm³/mol. The molecule has 1 aliphatic rings. The number of rotatable bonds is 6. The molecule has 0 radical (unpaired) electrons. The van der Waals surface area contributed by atoms with Crippen LogP contribution in [-0.4, -0.2) is 65.0 Å². The number of hydrogen-bond donors (Lipinski definition) is 1. The number of nitrogens with one attached hydrogen (secondary N) is 1. The normalized spacial score (nSPS) is 16.9. The fraction of sp³-hybridized carbons (Fsp3) is 0.360. The van der Waals surface area contributed by atoms with Gasteiger partial charge >= 0.3 is 0 Å². The number of imidazole rings is 1. The molecule has 9 nitrogen and oxygen atoms in total. The second kappa shape index (κ2) is 9.01. The van der Waals surface area contributed by atoms with Crippen LogP contribution >= 0.6 is 0 Å². The van der Waals surface area contributed by atoms with E-state index in [4.69, 9.17) is 14.8 Å². The van der Waals surface area contributed by atoms with E-state index in [1.54, 1.807) is 19.7 Å². The monoisotopic (exact) mass is 493 g/mol. The van der Waals surface area contributed by atoms with E-state index in [0.29, 0.717) is 11.9 Å². The molecule has 1 atom stereocenters. The van der Waals surface area contributed by atoms with E-state index < -0.39 is 9.71 Å². The van der Waals surface area contributed by atoms with Crippen molar-refractivity contribution in [2.45, 2.75) is 32.6 Å². The maximum atomic E-state index is 12.3. The van der Waals surface area contributed by atoms with Crippen molar-refractivity contribution in [3.8, 4) is 11.4 Å². The smallest absolute Gasteiger partial charge is 0.247 e. The minimum atomic E-state index is -2.16. The molecular weight excluding hydrogens is 462 g/mol. The molecular formula is C25H31N7O2S. The summed E-state index contributed by atoms with van der Waals surface area (Å²) >= 11 is 0. The fourth-order valence-electron chi connectivity index (χ4n) is 4.71. The first kappa shape index (κ1) is 23.4. The summed E-state index contributed by atoms with van der Waals surface area (Å²) in [5.41, 5.74) is 5.84. The lowest BCUT2D eigenvalue weighted by Gasteiger charge is -2.32. The molecule has 4 aromatic rings. The van der Waals surface area contributed by atoms with Gasteiger partial charge in [0.15, 0.2) is 5.65 Å². The van der Waals surface area contributed by atoms with Crippen molar-refractivity contribution < 1.29 is 8.95 Å². The van der Waals surface area contributed by atoms with Gasteiger partial charge < -0.3 is 14.6 Å². The van der Waals surface area contributed by atoms with Gasteiger partial charge in [0.2, 0.25) is 5.95 Å². The summed E-state index contributed by atoms with van der Waals surface area (Å²) < 4.78 is 23.8. The second-order valence-corrected chi connectivity index (χ2v) is 11.7. The second-order valence-electron chi connectivity index (χ2n) is 9.27. The largest absolute Gasteiger partial charge is 0.494 e. The molecule has 1 aliphatic heterocycles. The molecule has 10 heteroatoms. The number of nitrogens with zero attached hydrogens (tertiary/aromatic N) is 6. The van der Waals surface area contributed by atoms with Crippen LogP contribution in [0.15, 0.2) is 43.0 Å². The van der Waals surface area contributed by atoms with Crippen molar-refractivity contribution in [2.75, 3.05) is 31.8 Å². The van der Waals surface area contributed by atoms with Crippen molar-refractivity contribution in [1.29, 1.82) is 0 Å². The Morgan fingerprint density at radius 1 is 1.17 bits per heavy atom. The van der Waals surface area contributed by atoms with Crippen molar-refractivity contribution in [1.82, 2.24) is 28.5 Å². The van der Waals surface area contributed by atoms with Crippen LogP contribution in [0, 0.1) is 13.8 Å². The molecule has 1 N–H and O–H groups in total. The van der Waals surface area contributed by atoms with E-state index in [-0.39, 0.29) is 0 Å². The number of aromatic nitrogens is 5. The molecule has 0 amide bonds. The Hall–Kier alpha value is -3.37. The van der Waals surface area contributed by atoms with Crippen molar-refractivity contribution in [3.05, 3.63) is 59.8 Å². The molecule has 0 aliphatic carbocycles. The lowest BCUT2D eigenvalue weighted by Crippen LogP contribution is -2.37. The van der Waals surface area contributed by atoms with Gasteiger partial charge in [0.05, 0.1) is 24.8 Å². The highest BCUT2D eigenvalue weighted by Crippen LogP contribution is 2.33. The van der Waals surface area contributed by atoms with Crippen LogP contribution < -0.4 is 10.1 Å². The summed E-state index contributed by atoms with van der Waals surface area (Å²) in [7, 11) is -0.509. The third kappa shape index (κ3) is 4.76. The van der Waals surface area contributed by atoms with E-state index in [2.05, 4.69) is 29.2 Å². The summed E-state index contributed by atoms with van der Waals surface area (Å²) in [6, 6.07) is 8.09. The molecule has 35 heavy (non-hydrogen) atoms. The average molecular weight is 494 g/mol. The fourth-order valence-corrected chi connectivity index (χ4v) is 5.69. The van der Waals surface area contributed by atoms with Gasteiger partial charge in [-0.1, -0.05) is 6.07 Å². The highest BCUT2D eigenvalue weighted by atomic mass is 32.2. The molecule has 1 saturated heterocycles. The van der Waals surface area contributed by atoms with E-state index in [0.717, 1.165) is 60.0 Å². The number of piperidine rings is 1. The Morgan fingerprint density at radius 3 is 2.60 bits per heavy atom. The van der Waals surface area contributed by atoms with Gasteiger partial charge in [-0.15, -0.1) is 5.10 Å². The summed E-state index contributed by atoms with van der Waals surface area (Å²) in [6.07, 6.45) is 9.27. The summed E-state index contributed by atoms with van der Waals surface area (Å²) in [4.78, 5) is 9.14. The Morgan fingerprint density at radius 2 is 1.94 bits per heavy atom. The maximum Gasteiger partial charge on any atom is 0.247 e. The third-order valence-electron chi connectivity index (χ3n) is 6.46. The minimum Gasteiger partial charge on any atom is -0.494 e. The SMILES string of the molecule is C=S(C)(=O)N1CCC(c2cc(C)cn3nc(Nc4ccc(-n5cnc(C)c5)c(OC)c4)nc23)CC1. The average Bonchev–Trinajstić information content (AvgIpc) is 3.43. The van der Waals surface area contributed by atoms with Crippen LogP contribution in [0.4, 0.5) is 11.6 Å². The number of pyridine rings is 1. The molecule has 0 spiro atoms. The number of methoxy groups -OCH3 is 1. The first-order chi connectivity index (χ1) is 16.7. The first-order valence-electron chi connectivity index (χ1n) is 11.6. The number of fused-ring (bicyclic) bond motifs is 1. The number of aryl methyl sites for hydroxylation is 2. The van der Waals surface area contributed by atoms with Gasteiger partial charge in [-0.3, -0.25) is 4.21 Å². The molecule has 1 aromatic carbocycles. The van der Waals surface area contributed by atoms with Crippen molar-refractivity contribution in [2.24, 2.45) is 0 Å². The Kier molecular flexibility index (Phi) is 6.02. The van der Waals surface area contributed by atoms with Crippen molar-refractivity contribution in [3.63, 3.8) is 0 Å². The Balaban J connectivity index is 1.42. The Bertz CT molecular complexity index is 1480. The highest BCUT2D eigenvalue weighted by Gasteiger charge is 2.26. The van der Waals surface area contributed by atoms with Gasteiger partial charge in [-0.25, -0.2) is 13.8 Å². The number of anilines is 2. The maximum absolute atomic E-state index is 12.3. The quantitative estimate of drug-likeness (QED) is 0.412. The molecule has 5 rings (SSSR count). The van der Waals surface area contributed by atoms with Crippen LogP contribution in [0.2, 0.25) is 0 Å². The molecule has 4 heterocycles. The van der Waals surface area contributed by atoms with Gasteiger partial charge in [0.25, 0.3) is 0 Å². The molecule has 0 bridgehead atoms. The first-order valence-corrected chi connectivity index (χ1v) is 13.7. The van der Waals surface area contributed by atoms with Crippen LogP contribution in [0.5, 0.6) is 5.75 Å². The summed E-state index contributed by atoms with van der Waals surface area (Å²) in [5, 5.41) is 8.02. The molecule has 0 saturated carbocycles. The highest BCUT2D eigenvalue weighted by molar-refractivity contribution is 7.97. The van der Waals surface area contributed by atoms with E-state index in [1.807, 2.05) is 50.9 Å². The van der Waals surface area contributed by atoms with Crippen LogP contribution in [0.25, 0.3) is 11.3 Å². The predicted octanol–water partition coefficient (Wildman–Crippen LogP) is 3.72. The topological polar surface area (TPSA) is 89.6 Å². The van der Waals surface area contributed by atoms with Gasteiger partial charge in [-0.2, -0.15) is 4.98 Å². The van der Waals surface area contributed by atoms with Gasteiger partial charge in [0.1, 0.15) is 5.75 Å². The zero-order valence-electron chi connectivity index (χ0n) is 20.6. The van der Waals surface area contributed by atoms with Crippen LogP contribution in [0.1, 0.15) is 35.6 Å². The van der Waals surface area contributed by atoms with E-state index in [9.17, 15) is 4.21 Å². The van der Waals surface area contributed by atoms with E-state index >= 15 is 0 Å². The zero-order chi connectivity index (χ0) is 24.7. The molecule has 3 aromatic heterocycles. The van der Waals surface area contributed by atoms with Gasteiger partial charge in [-0.05, 0) is 56.2 Å². The lowest BCUT2D eigenvalue weighted by atomic mass is 9.90. The number of benzene rings is 1. The lowest BCUT2D eigenvalue weighted by molar-refractivity contribution is 0.335. The van der Waals surface area contributed by atoms with E-state index in [1.165, 1.54) is 5.56 Å². The molecule has 1 fully saturated rings. The standard InChI is InChI=1S/C25H31N7O2S/c1-17-12-21(19-8-10-31(11-9-19)35(4,5)33)24-28-25(29-32(24)14-17)27-20-6-7-22(23(13-20)34-3)30-15-18(2)26-16-30/h6-7,12-16,19H,4,8-11H2,1-3,5H3,(H,27,29). The molecule has 1 unspecified atom stereocenters. The molecule has 184 valence electrons.